The Hall–Kier alpha value is -2.64. The van der Waals surface area contributed by atoms with E-state index in [9.17, 15) is 27.6 Å². The van der Waals surface area contributed by atoms with E-state index in [0.29, 0.717) is 17.7 Å². The summed E-state index contributed by atoms with van der Waals surface area (Å²) in [7, 11) is 1.35. The first-order valence-corrected chi connectivity index (χ1v) is 9.19. The number of amides is 1. The zero-order valence-corrected chi connectivity index (χ0v) is 16.3. The van der Waals surface area contributed by atoms with E-state index < -0.39 is 31.5 Å². The van der Waals surface area contributed by atoms with Gasteiger partial charge in [-0.05, 0) is 36.6 Å². The molecule has 1 aliphatic rings. The molecule has 1 atom stereocenters. The minimum atomic E-state index is -4.26. The fourth-order valence-electron chi connectivity index (χ4n) is 2.78. The summed E-state index contributed by atoms with van der Waals surface area (Å²) < 4.78 is 65.7. The molecule has 1 aliphatic heterocycles. The molecule has 1 aromatic rings. The minimum absolute atomic E-state index is 0.0787. The summed E-state index contributed by atoms with van der Waals surface area (Å²) in [6, 6.07) is 6.33. The Bertz CT molecular complexity index is 802. The molecule has 1 saturated heterocycles. The summed E-state index contributed by atoms with van der Waals surface area (Å²) in [4.78, 5) is 12.2. The number of hydrogen-bond donors (Lipinski definition) is 1. The van der Waals surface area contributed by atoms with Crippen molar-refractivity contribution in [2.24, 2.45) is 0 Å². The standard InChI is InChI=1S/C20H22F4N2O4/c1-28-17-5-4-13(8-15(17)11-29-12-20(23,24)19(21)22)7-14(9-25)18(27)26-10-16-3-2-6-30-16/h4-5,7-8,16,19H,2-3,6,10-12H2,1H3,(H,26,27)/b14-7+. The van der Waals surface area contributed by atoms with E-state index in [-0.39, 0.29) is 24.0 Å². The van der Waals surface area contributed by atoms with E-state index in [0.717, 1.165) is 12.8 Å². The molecule has 0 radical (unpaired) electrons. The molecule has 1 fully saturated rings. The van der Waals surface area contributed by atoms with E-state index >= 15 is 0 Å². The Balaban J connectivity index is 2.07. The third-order valence-electron chi connectivity index (χ3n) is 4.37. The van der Waals surface area contributed by atoms with E-state index in [1.807, 2.05) is 6.07 Å². The molecule has 0 spiro atoms. The van der Waals surface area contributed by atoms with Crippen LogP contribution in [-0.4, -0.2) is 51.2 Å². The molecular formula is C20H22F4N2O4. The predicted octanol–water partition coefficient (Wildman–Crippen LogP) is 3.31. The number of carbonyl (C=O) groups is 1. The van der Waals surface area contributed by atoms with Crippen LogP contribution in [0.15, 0.2) is 23.8 Å². The van der Waals surface area contributed by atoms with E-state index in [2.05, 4.69) is 5.32 Å². The number of ether oxygens (including phenoxy) is 3. The van der Waals surface area contributed by atoms with Gasteiger partial charge in [0.2, 0.25) is 0 Å². The van der Waals surface area contributed by atoms with Crippen LogP contribution in [0, 0.1) is 11.3 Å². The lowest BCUT2D eigenvalue weighted by Gasteiger charge is -2.16. The molecule has 10 heteroatoms. The number of hydrogen-bond acceptors (Lipinski definition) is 5. The lowest BCUT2D eigenvalue weighted by molar-refractivity contribution is -0.168. The van der Waals surface area contributed by atoms with Crippen molar-refractivity contribution in [3.05, 3.63) is 34.9 Å². The maximum absolute atomic E-state index is 13.0. The van der Waals surface area contributed by atoms with Crippen molar-refractivity contribution >= 4 is 12.0 Å². The molecule has 1 amide bonds. The molecular weight excluding hydrogens is 408 g/mol. The Morgan fingerprint density at radius 3 is 2.83 bits per heavy atom. The van der Waals surface area contributed by atoms with Gasteiger partial charge in [0.15, 0.2) is 0 Å². The number of alkyl halides is 4. The van der Waals surface area contributed by atoms with Crippen LogP contribution in [0.1, 0.15) is 24.0 Å². The molecule has 30 heavy (non-hydrogen) atoms. The quantitative estimate of drug-likeness (QED) is 0.350. The average Bonchev–Trinajstić information content (AvgIpc) is 3.23. The second-order valence-corrected chi connectivity index (χ2v) is 6.64. The number of methoxy groups -OCH3 is 1. The highest BCUT2D eigenvalue weighted by molar-refractivity contribution is 6.01. The van der Waals surface area contributed by atoms with Gasteiger partial charge in [-0.1, -0.05) is 6.07 Å². The molecule has 1 aromatic carbocycles. The summed E-state index contributed by atoms with van der Waals surface area (Å²) in [6.07, 6.45) is -0.841. The SMILES string of the molecule is COc1ccc(/C=C(\C#N)C(=O)NCC2CCCO2)cc1COCC(F)(F)C(F)F. The van der Waals surface area contributed by atoms with Gasteiger partial charge in [-0.25, -0.2) is 8.78 Å². The van der Waals surface area contributed by atoms with Gasteiger partial charge in [0, 0.05) is 18.7 Å². The van der Waals surface area contributed by atoms with Crippen molar-refractivity contribution in [1.29, 1.82) is 5.26 Å². The molecule has 0 bridgehead atoms. The van der Waals surface area contributed by atoms with Crippen molar-refractivity contribution in [2.75, 3.05) is 26.9 Å². The van der Waals surface area contributed by atoms with Crippen molar-refractivity contribution in [3.8, 4) is 11.8 Å². The number of carbonyl (C=O) groups excluding carboxylic acids is 1. The van der Waals surface area contributed by atoms with Gasteiger partial charge >= 0.3 is 12.3 Å². The van der Waals surface area contributed by atoms with Crippen LogP contribution in [-0.2, 0) is 20.9 Å². The molecule has 164 valence electrons. The Morgan fingerprint density at radius 2 is 2.23 bits per heavy atom. The van der Waals surface area contributed by atoms with Gasteiger partial charge in [0.25, 0.3) is 5.91 Å². The van der Waals surface area contributed by atoms with Gasteiger partial charge in [-0.2, -0.15) is 14.0 Å². The van der Waals surface area contributed by atoms with Gasteiger partial charge in [0.05, 0.1) is 19.8 Å². The van der Waals surface area contributed by atoms with Gasteiger partial charge in [0.1, 0.15) is 24.0 Å². The number of halogens is 4. The first-order valence-electron chi connectivity index (χ1n) is 9.19. The summed E-state index contributed by atoms with van der Waals surface area (Å²) >= 11 is 0. The molecule has 1 N–H and O–H groups in total. The molecule has 6 nitrogen and oxygen atoms in total. The van der Waals surface area contributed by atoms with Crippen molar-refractivity contribution in [2.45, 2.75) is 37.9 Å². The highest BCUT2D eigenvalue weighted by Crippen LogP contribution is 2.26. The molecule has 1 heterocycles. The summed E-state index contributed by atoms with van der Waals surface area (Å²) in [6.45, 7) is -0.942. The first-order chi connectivity index (χ1) is 14.3. The molecule has 1 unspecified atom stereocenters. The molecule has 0 aliphatic carbocycles. The normalized spacial score (nSPS) is 17.1. The number of nitriles is 1. The zero-order valence-electron chi connectivity index (χ0n) is 16.3. The van der Waals surface area contributed by atoms with E-state index in [1.165, 1.54) is 25.3 Å². The Morgan fingerprint density at radius 1 is 1.47 bits per heavy atom. The van der Waals surface area contributed by atoms with Gasteiger partial charge in [-0.3, -0.25) is 4.79 Å². The summed E-state index contributed by atoms with van der Waals surface area (Å²) in [5.41, 5.74) is 0.557. The van der Waals surface area contributed by atoms with E-state index in [1.54, 1.807) is 6.07 Å². The lowest BCUT2D eigenvalue weighted by Crippen LogP contribution is -2.32. The maximum atomic E-state index is 13.0. The fourth-order valence-corrected chi connectivity index (χ4v) is 2.78. The number of benzene rings is 1. The zero-order chi connectivity index (χ0) is 22.1. The number of rotatable bonds is 10. The second-order valence-electron chi connectivity index (χ2n) is 6.64. The van der Waals surface area contributed by atoms with Crippen molar-refractivity contribution < 1.29 is 36.6 Å². The third-order valence-corrected chi connectivity index (χ3v) is 4.37. The fraction of sp³-hybridized carbons (Fsp3) is 0.500. The topological polar surface area (TPSA) is 80.6 Å². The monoisotopic (exact) mass is 430 g/mol. The van der Waals surface area contributed by atoms with Gasteiger partial charge in [-0.15, -0.1) is 0 Å². The number of nitrogens with zero attached hydrogens (tertiary/aromatic N) is 1. The van der Waals surface area contributed by atoms with Crippen LogP contribution in [0.25, 0.3) is 6.08 Å². The van der Waals surface area contributed by atoms with Crippen LogP contribution in [0.4, 0.5) is 17.6 Å². The average molecular weight is 430 g/mol. The van der Waals surface area contributed by atoms with Gasteiger partial charge < -0.3 is 19.5 Å². The predicted molar refractivity (Wildman–Crippen MR) is 99.2 cm³/mol. The highest BCUT2D eigenvalue weighted by atomic mass is 19.3. The smallest absolute Gasteiger partial charge is 0.330 e. The van der Waals surface area contributed by atoms with Crippen LogP contribution in [0.5, 0.6) is 5.75 Å². The minimum Gasteiger partial charge on any atom is -0.496 e. The van der Waals surface area contributed by atoms with Crippen LogP contribution >= 0.6 is 0 Å². The van der Waals surface area contributed by atoms with E-state index in [4.69, 9.17) is 14.2 Å². The first kappa shape index (κ1) is 23.6. The van der Waals surface area contributed by atoms with Crippen molar-refractivity contribution in [1.82, 2.24) is 5.32 Å². The molecule has 0 saturated carbocycles. The van der Waals surface area contributed by atoms with Crippen LogP contribution in [0.2, 0.25) is 0 Å². The Kier molecular flexibility index (Phi) is 8.62. The maximum Gasteiger partial charge on any atom is 0.330 e. The Labute approximate surface area is 171 Å². The summed E-state index contributed by atoms with van der Waals surface area (Å²) in [5.74, 6) is -4.55. The van der Waals surface area contributed by atoms with Crippen molar-refractivity contribution in [3.63, 3.8) is 0 Å². The summed E-state index contributed by atoms with van der Waals surface area (Å²) in [5, 5.41) is 11.9. The van der Waals surface area contributed by atoms with Crippen LogP contribution < -0.4 is 10.1 Å². The molecule has 0 aromatic heterocycles. The second kappa shape index (κ2) is 10.9. The largest absolute Gasteiger partial charge is 0.496 e. The highest BCUT2D eigenvalue weighted by Gasteiger charge is 2.41. The van der Waals surface area contributed by atoms with Crippen LogP contribution in [0.3, 0.4) is 0 Å². The third kappa shape index (κ3) is 6.71. The number of nitrogens with one attached hydrogen (secondary N) is 1. The molecule has 2 rings (SSSR count). The lowest BCUT2D eigenvalue weighted by atomic mass is 10.1.